The lowest BCUT2D eigenvalue weighted by Gasteiger charge is -2.24. The van der Waals surface area contributed by atoms with Crippen LogP contribution in [0.15, 0.2) is 60.8 Å². The van der Waals surface area contributed by atoms with Gasteiger partial charge in [0.15, 0.2) is 0 Å². The normalized spacial score (nSPS) is 14.5. The molecule has 160 valence electrons. The summed E-state index contributed by atoms with van der Waals surface area (Å²) in [6, 6.07) is 15.2. The third-order valence-electron chi connectivity index (χ3n) is 5.64. The molecule has 2 heterocycles. The minimum absolute atomic E-state index is 0.0751. The highest BCUT2D eigenvalue weighted by molar-refractivity contribution is 5.98. The van der Waals surface area contributed by atoms with Crippen molar-refractivity contribution in [2.75, 3.05) is 13.1 Å². The maximum atomic E-state index is 14.2. The molecule has 1 unspecified atom stereocenters. The Morgan fingerprint density at radius 3 is 2.45 bits per heavy atom. The Hall–Kier alpha value is -3.48. The molecule has 2 aromatic carbocycles. The van der Waals surface area contributed by atoms with Crippen LogP contribution in [0.2, 0.25) is 0 Å². The number of para-hydroxylation sites is 1. The van der Waals surface area contributed by atoms with Crippen LogP contribution in [0, 0.1) is 12.7 Å². The van der Waals surface area contributed by atoms with Crippen LogP contribution in [-0.2, 0) is 11.2 Å². The van der Waals surface area contributed by atoms with Crippen molar-refractivity contribution < 1.29 is 14.0 Å². The summed E-state index contributed by atoms with van der Waals surface area (Å²) in [5, 5.41) is 7.10. The molecular formula is C24H25FN4O2. The summed E-state index contributed by atoms with van der Waals surface area (Å²) in [4.78, 5) is 28.0. The smallest absolute Gasteiger partial charge is 0.255 e. The van der Waals surface area contributed by atoms with Gasteiger partial charge in [0.2, 0.25) is 5.91 Å². The molecule has 1 aromatic heterocycles. The van der Waals surface area contributed by atoms with E-state index in [1.165, 1.54) is 16.9 Å². The number of likely N-dealkylation sites (tertiary alicyclic amines) is 1. The van der Waals surface area contributed by atoms with Gasteiger partial charge in [-0.1, -0.05) is 42.5 Å². The van der Waals surface area contributed by atoms with E-state index >= 15 is 0 Å². The van der Waals surface area contributed by atoms with E-state index in [-0.39, 0.29) is 11.6 Å². The number of carbonyl (C=O) groups is 2. The van der Waals surface area contributed by atoms with Gasteiger partial charge in [-0.05, 0) is 37.5 Å². The summed E-state index contributed by atoms with van der Waals surface area (Å²) >= 11 is 0. The molecule has 0 aliphatic carbocycles. The number of aromatic nitrogens is 2. The van der Waals surface area contributed by atoms with Gasteiger partial charge in [-0.25, -0.2) is 9.07 Å². The molecule has 6 nitrogen and oxygen atoms in total. The zero-order valence-electron chi connectivity index (χ0n) is 17.4. The second kappa shape index (κ2) is 9.12. The van der Waals surface area contributed by atoms with Gasteiger partial charge in [-0.2, -0.15) is 5.10 Å². The Morgan fingerprint density at radius 1 is 1.06 bits per heavy atom. The van der Waals surface area contributed by atoms with Gasteiger partial charge < -0.3 is 10.2 Å². The second-order valence-electron chi connectivity index (χ2n) is 7.76. The number of rotatable bonds is 6. The van der Waals surface area contributed by atoms with Gasteiger partial charge in [0, 0.05) is 19.5 Å². The Morgan fingerprint density at radius 2 is 1.74 bits per heavy atom. The molecule has 1 aliphatic rings. The van der Waals surface area contributed by atoms with Crippen molar-refractivity contribution in [3.8, 4) is 5.69 Å². The minimum atomic E-state index is -0.677. The van der Waals surface area contributed by atoms with Crippen molar-refractivity contribution in [3.63, 3.8) is 0 Å². The predicted molar refractivity (Wildman–Crippen MR) is 115 cm³/mol. The number of nitrogens with one attached hydrogen (secondary N) is 1. The average molecular weight is 420 g/mol. The number of benzene rings is 2. The van der Waals surface area contributed by atoms with Crippen LogP contribution in [-0.4, -0.2) is 45.6 Å². The fourth-order valence-electron chi connectivity index (χ4n) is 3.94. The summed E-state index contributed by atoms with van der Waals surface area (Å²) in [6.45, 7) is 3.14. The Balaban J connectivity index is 1.57. The third-order valence-corrected chi connectivity index (χ3v) is 5.64. The molecule has 1 fully saturated rings. The van der Waals surface area contributed by atoms with Crippen LogP contribution in [0.25, 0.3) is 5.69 Å². The van der Waals surface area contributed by atoms with Crippen LogP contribution < -0.4 is 5.32 Å². The van der Waals surface area contributed by atoms with Crippen LogP contribution >= 0.6 is 0 Å². The van der Waals surface area contributed by atoms with Crippen molar-refractivity contribution in [1.82, 2.24) is 20.0 Å². The fraction of sp³-hybridized carbons (Fsp3) is 0.292. The highest BCUT2D eigenvalue weighted by Gasteiger charge is 2.29. The van der Waals surface area contributed by atoms with Crippen LogP contribution in [0.5, 0.6) is 0 Å². The van der Waals surface area contributed by atoms with Crippen LogP contribution in [0.4, 0.5) is 4.39 Å². The molecule has 1 aliphatic heterocycles. The Labute approximate surface area is 180 Å². The largest absolute Gasteiger partial charge is 0.341 e. The zero-order valence-corrected chi connectivity index (χ0v) is 17.4. The van der Waals surface area contributed by atoms with E-state index < -0.39 is 17.8 Å². The minimum Gasteiger partial charge on any atom is -0.341 e. The highest BCUT2D eigenvalue weighted by Crippen LogP contribution is 2.18. The maximum absolute atomic E-state index is 14.2. The molecule has 3 aromatic rings. The lowest BCUT2D eigenvalue weighted by Crippen LogP contribution is -2.49. The van der Waals surface area contributed by atoms with E-state index in [9.17, 15) is 14.0 Å². The van der Waals surface area contributed by atoms with Crippen molar-refractivity contribution in [1.29, 1.82) is 0 Å². The zero-order chi connectivity index (χ0) is 21.8. The first-order valence-electron chi connectivity index (χ1n) is 10.5. The number of hydrogen-bond donors (Lipinski definition) is 1. The summed E-state index contributed by atoms with van der Waals surface area (Å²) < 4.78 is 15.6. The number of amides is 2. The lowest BCUT2D eigenvalue weighted by atomic mass is 10.0. The molecule has 1 saturated heterocycles. The van der Waals surface area contributed by atoms with Gasteiger partial charge in [-0.3, -0.25) is 9.59 Å². The molecule has 0 spiro atoms. The number of nitrogens with zero attached hydrogens (tertiary/aromatic N) is 3. The fourth-order valence-corrected chi connectivity index (χ4v) is 3.94. The molecule has 1 atom stereocenters. The highest BCUT2D eigenvalue weighted by atomic mass is 19.1. The first kappa shape index (κ1) is 20.8. The predicted octanol–water partition coefficient (Wildman–Crippen LogP) is 3.28. The number of halogens is 1. The Bertz CT molecular complexity index is 1070. The van der Waals surface area contributed by atoms with E-state index in [0.29, 0.717) is 30.8 Å². The molecule has 1 N–H and O–H groups in total. The first-order chi connectivity index (χ1) is 15.0. The van der Waals surface area contributed by atoms with E-state index in [2.05, 4.69) is 10.4 Å². The van der Waals surface area contributed by atoms with E-state index in [1.807, 2.05) is 35.2 Å². The third kappa shape index (κ3) is 4.50. The summed E-state index contributed by atoms with van der Waals surface area (Å²) in [6.07, 6.45) is 3.78. The first-order valence-corrected chi connectivity index (χ1v) is 10.5. The molecule has 31 heavy (non-hydrogen) atoms. The van der Waals surface area contributed by atoms with Crippen LogP contribution in [0.3, 0.4) is 0 Å². The summed E-state index contributed by atoms with van der Waals surface area (Å²) in [5.41, 5.74) is 2.07. The molecule has 0 saturated carbocycles. The number of carbonyl (C=O) groups excluding carboxylic acids is 2. The average Bonchev–Trinajstić information content (AvgIpc) is 3.44. The van der Waals surface area contributed by atoms with Gasteiger partial charge >= 0.3 is 0 Å². The quantitative estimate of drug-likeness (QED) is 0.666. The molecule has 7 heteroatoms. The molecular weight excluding hydrogens is 395 g/mol. The SMILES string of the molecule is Cc1c(C(=O)NC(Cc2ccccc2)C(=O)N2CCCC2)cnn1-c1ccccc1F. The van der Waals surface area contributed by atoms with Crippen molar-refractivity contribution >= 4 is 11.8 Å². The molecule has 0 bridgehead atoms. The van der Waals surface area contributed by atoms with Gasteiger partial charge in [0.25, 0.3) is 5.91 Å². The van der Waals surface area contributed by atoms with Crippen molar-refractivity contribution in [3.05, 3.63) is 83.4 Å². The standard InChI is InChI=1S/C24H25FN4O2/c1-17-19(16-26-29(17)22-12-6-5-11-20(22)25)23(30)27-21(15-18-9-3-2-4-10-18)24(31)28-13-7-8-14-28/h2-6,9-12,16,21H,7-8,13-15H2,1H3,(H,27,30). The van der Waals surface area contributed by atoms with Crippen molar-refractivity contribution in [2.24, 2.45) is 0 Å². The van der Waals surface area contributed by atoms with Crippen LogP contribution in [0.1, 0.15) is 34.5 Å². The summed E-state index contributed by atoms with van der Waals surface area (Å²) in [7, 11) is 0. The monoisotopic (exact) mass is 420 g/mol. The van der Waals surface area contributed by atoms with E-state index in [4.69, 9.17) is 0 Å². The van der Waals surface area contributed by atoms with E-state index in [0.717, 1.165) is 18.4 Å². The van der Waals surface area contributed by atoms with Gasteiger partial charge in [0.05, 0.1) is 17.5 Å². The maximum Gasteiger partial charge on any atom is 0.255 e. The second-order valence-corrected chi connectivity index (χ2v) is 7.76. The molecule has 4 rings (SSSR count). The Kier molecular flexibility index (Phi) is 6.11. The van der Waals surface area contributed by atoms with Crippen molar-refractivity contribution in [2.45, 2.75) is 32.2 Å². The van der Waals surface area contributed by atoms with Gasteiger partial charge in [-0.15, -0.1) is 0 Å². The molecule has 2 amide bonds. The molecule has 0 radical (unpaired) electrons. The van der Waals surface area contributed by atoms with E-state index in [1.54, 1.807) is 25.1 Å². The number of hydrogen-bond acceptors (Lipinski definition) is 3. The van der Waals surface area contributed by atoms with Gasteiger partial charge in [0.1, 0.15) is 17.5 Å². The summed E-state index contributed by atoms with van der Waals surface area (Å²) in [5.74, 6) is -0.894. The topological polar surface area (TPSA) is 67.2 Å². The lowest BCUT2D eigenvalue weighted by molar-refractivity contribution is -0.132.